The van der Waals surface area contributed by atoms with Crippen LogP contribution in [0, 0.1) is 0 Å². The second-order valence-corrected chi connectivity index (χ2v) is 2.07. The lowest BCUT2D eigenvalue weighted by Gasteiger charge is -2.00. The van der Waals surface area contributed by atoms with E-state index in [1.54, 1.807) is 0 Å². The summed E-state index contributed by atoms with van der Waals surface area (Å²) in [5.74, 6) is 0. The van der Waals surface area contributed by atoms with Crippen molar-refractivity contribution >= 4 is 6.29 Å². The normalized spacial score (nSPS) is 12.5. The third-order valence-corrected chi connectivity index (χ3v) is 1.33. The van der Waals surface area contributed by atoms with E-state index < -0.39 is 6.04 Å². The molecule has 52 valence electrons. The minimum Gasteiger partial charge on any atom is -0.318 e. The van der Waals surface area contributed by atoms with Gasteiger partial charge in [-0.2, -0.15) is 0 Å². The van der Waals surface area contributed by atoms with Crippen LogP contribution in [-0.2, 0) is 4.79 Å². The van der Waals surface area contributed by atoms with Gasteiger partial charge in [0.15, 0.2) is 0 Å². The molecule has 1 aromatic carbocycles. The van der Waals surface area contributed by atoms with E-state index in [9.17, 15) is 4.79 Å². The molecular formula is C8H9NO. The molecule has 0 bridgehead atoms. The zero-order valence-electron chi connectivity index (χ0n) is 5.53. The van der Waals surface area contributed by atoms with Crippen LogP contribution in [-0.4, -0.2) is 6.29 Å². The van der Waals surface area contributed by atoms with Gasteiger partial charge in [0.25, 0.3) is 0 Å². The van der Waals surface area contributed by atoms with Crippen LogP contribution in [0.25, 0.3) is 0 Å². The maximum atomic E-state index is 10.2. The van der Waals surface area contributed by atoms with Crippen LogP contribution < -0.4 is 5.73 Å². The van der Waals surface area contributed by atoms with Crippen molar-refractivity contribution in [3.05, 3.63) is 35.9 Å². The lowest BCUT2D eigenvalue weighted by molar-refractivity contribution is -0.109. The molecule has 10 heavy (non-hydrogen) atoms. The Bertz CT molecular complexity index is 208. The molecule has 2 N–H and O–H groups in total. The fraction of sp³-hybridized carbons (Fsp3) is 0.125. The van der Waals surface area contributed by atoms with Crippen LogP contribution in [0.2, 0.25) is 0 Å². The van der Waals surface area contributed by atoms with Crippen LogP contribution >= 0.6 is 0 Å². The Morgan fingerprint density at radius 3 is 2.40 bits per heavy atom. The van der Waals surface area contributed by atoms with Crippen LogP contribution in [0.4, 0.5) is 0 Å². The number of hydrogen-bond acceptors (Lipinski definition) is 2. The van der Waals surface area contributed by atoms with Gasteiger partial charge in [0.05, 0.1) is 6.04 Å². The average molecular weight is 135 g/mol. The first-order valence-electron chi connectivity index (χ1n) is 3.10. The molecule has 0 spiro atoms. The van der Waals surface area contributed by atoms with E-state index >= 15 is 0 Å². The highest BCUT2D eigenvalue weighted by atomic mass is 16.1. The van der Waals surface area contributed by atoms with Gasteiger partial charge in [0.1, 0.15) is 6.29 Å². The molecule has 0 fully saturated rings. The molecule has 0 aliphatic carbocycles. The minimum absolute atomic E-state index is 0.471. The summed E-state index contributed by atoms with van der Waals surface area (Å²) in [5, 5.41) is 0. The van der Waals surface area contributed by atoms with E-state index in [1.807, 2.05) is 30.3 Å². The van der Waals surface area contributed by atoms with E-state index in [1.165, 1.54) is 0 Å². The van der Waals surface area contributed by atoms with Crippen molar-refractivity contribution in [3.8, 4) is 0 Å². The number of carbonyl (C=O) groups excluding carboxylic acids is 1. The molecule has 0 heterocycles. The average Bonchev–Trinajstić information content (AvgIpc) is 2.05. The molecule has 0 aliphatic rings. The smallest absolute Gasteiger partial charge is 0.141 e. The fourth-order valence-electron chi connectivity index (χ4n) is 0.754. The molecule has 2 heteroatoms. The lowest BCUT2D eigenvalue weighted by Crippen LogP contribution is -2.10. The maximum Gasteiger partial charge on any atom is 0.141 e. The van der Waals surface area contributed by atoms with Crippen molar-refractivity contribution in [2.75, 3.05) is 0 Å². The molecule has 2 nitrogen and oxygen atoms in total. The van der Waals surface area contributed by atoms with E-state index in [0.29, 0.717) is 0 Å². The van der Waals surface area contributed by atoms with Gasteiger partial charge >= 0.3 is 0 Å². The number of nitrogens with two attached hydrogens (primary N) is 1. The Morgan fingerprint density at radius 1 is 1.30 bits per heavy atom. The zero-order valence-corrected chi connectivity index (χ0v) is 5.53. The summed E-state index contributed by atoms with van der Waals surface area (Å²) < 4.78 is 0. The quantitative estimate of drug-likeness (QED) is 0.612. The number of benzene rings is 1. The summed E-state index contributed by atoms with van der Waals surface area (Å²) in [6.45, 7) is 0. The summed E-state index contributed by atoms with van der Waals surface area (Å²) >= 11 is 0. The second kappa shape index (κ2) is 3.13. The van der Waals surface area contributed by atoms with Crippen LogP contribution in [0.3, 0.4) is 0 Å². The van der Waals surface area contributed by atoms with Gasteiger partial charge < -0.3 is 10.5 Å². The monoisotopic (exact) mass is 135 g/mol. The van der Waals surface area contributed by atoms with Gasteiger partial charge in [-0.1, -0.05) is 30.3 Å². The van der Waals surface area contributed by atoms with Crippen molar-refractivity contribution in [1.29, 1.82) is 0 Å². The first kappa shape index (κ1) is 6.96. The van der Waals surface area contributed by atoms with E-state index in [0.717, 1.165) is 11.8 Å². The topological polar surface area (TPSA) is 43.1 Å². The van der Waals surface area contributed by atoms with E-state index in [4.69, 9.17) is 5.73 Å². The lowest BCUT2D eigenvalue weighted by atomic mass is 10.1. The van der Waals surface area contributed by atoms with Gasteiger partial charge in [0, 0.05) is 0 Å². The predicted octanol–water partition coefficient (Wildman–Crippen LogP) is 0.885. The highest BCUT2D eigenvalue weighted by molar-refractivity contribution is 5.60. The van der Waals surface area contributed by atoms with Crippen molar-refractivity contribution in [2.24, 2.45) is 5.73 Å². The molecule has 0 unspecified atom stereocenters. The SMILES string of the molecule is N[C@H](C=O)c1ccccc1. The number of carbonyl (C=O) groups is 1. The maximum absolute atomic E-state index is 10.2. The Balaban J connectivity index is 2.84. The Hall–Kier alpha value is -1.15. The Labute approximate surface area is 59.7 Å². The largest absolute Gasteiger partial charge is 0.318 e. The molecule has 1 atom stereocenters. The highest BCUT2D eigenvalue weighted by Crippen LogP contribution is 2.05. The highest BCUT2D eigenvalue weighted by Gasteiger charge is 1.99. The van der Waals surface area contributed by atoms with Crippen LogP contribution in [0.1, 0.15) is 11.6 Å². The molecule has 0 amide bonds. The summed E-state index contributed by atoms with van der Waals surface area (Å²) in [6, 6.07) is 8.80. The molecule has 0 saturated carbocycles. The first-order valence-corrected chi connectivity index (χ1v) is 3.10. The number of aldehydes is 1. The third kappa shape index (κ3) is 1.42. The van der Waals surface area contributed by atoms with Crippen LogP contribution in [0.15, 0.2) is 30.3 Å². The van der Waals surface area contributed by atoms with Gasteiger partial charge in [-0.25, -0.2) is 0 Å². The van der Waals surface area contributed by atoms with Gasteiger partial charge in [0.2, 0.25) is 0 Å². The minimum atomic E-state index is -0.471. The summed E-state index contributed by atoms with van der Waals surface area (Å²) in [4.78, 5) is 10.2. The van der Waals surface area contributed by atoms with Crippen molar-refractivity contribution in [2.45, 2.75) is 6.04 Å². The predicted molar refractivity (Wildman–Crippen MR) is 39.4 cm³/mol. The molecular weight excluding hydrogens is 126 g/mol. The van der Waals surface area contributed by atoms with Crippen LogP contribution in [0.5, 0.6) is 0 Å². The summed E-state index contributed by atoms with van der Waals surface area (Å²) in [7, 11) is 0. The molecule has 0 saturated heterocycles. The van der Waals surface area contributed by atoms with Crippen molar-refractivity contribution in [1.82, 2.24) is 0 Å². The number of rotatable bonds is 2. The Morgan fingerprint density at radius 2 is 1.90 bits per heavy atom. The second-order valence-electron chi connectivity index (χ2n) is 2.07. The molecule has 1 aromatic rings. The zero-order chi connectivity index (χ0) is 7.40. The summed E-state index contributed by atoms with van der Waals surface area (Å²) in [6.07, 6.45) is 0.731. The van der Waals surface area contributed by atoms with Gasteiger partial charge in [-0.15, -0.1) is 0 Å². The summed E-state index contributed by atoms with van der Waals surface area (Å²) in [5.41, 5.74) is 6.29. The molecule has 1 rings (SSSR count). The first-order chi connectivity index (χ1) is 4.84. The van der Waals surface area contributed by atoms with E-state index in [2.05, 4.69) is 0 Å². The van der Waals surface area contributed by atoms with Gasteiger partial charge in [-0.3, -0.25) is 0 Å². The molecule has 0 aromatic heterocycles. The van der Waals surface area contributed by atoms with Gasteiger partial charge in [-0.05, 0) is 5.56 Å². The Kier molecular flexibility index (Phi) is 2.18. The number of hydrogen-bond donors (Lipinski definition) is 1. The molecule has 0 radical (unpaired) electrons. The van der Waals surface area contributed by atoms with Crippen molar-refractivity contribution < 1.29 is 4.79 Å². The molecule has 0 aliphatic heterocycles. The van der Waals surface area contributed by atoms with E-state index in [-0.39, 0.29) is 0 Å². The third-order valence-electron chi connectivity index (χ3n) is 1.33. The standard InChI is InChI=1S/C8H9NO/c9-8(6-10)7-4-2-1-3-5-7/h1-6,8H,9H2/t8-/m1/s1. The van der Waals surface area contributed by atoms with Crippen molar-refractivity contribution in [3.63, 3.8) is 0 Å². The fourth-order valence-corrected chi connectivity index (χ4v) is 0.754.